The molecule has 1 atom stereocenters. The van der Waals surface area contributed by atoms with Gasteiger partial charge in [0.05, 0.1) is 24.2 Å². The maximum atomic E-state index is 10.5. The molecule has 0 aromatic heterocycles. The van der Waals surface area contributed by atoms with Gasteiger partial charge < -0.3 is 5.11 Å². The van der Waals surface area contributed by atoms with E-state index in [0.29, 0.717) is 12.2 Å². The van der Waals surface area contributed by atoms with Crippen molar-refractivity contribution in [2.45, 2.75) is 12.7 Å². The highest BCUT2D eigenvalue weighted by molar-refractivity contribution is 5.33. The quantitative estimate of drug-likeness (QED) is 0.464. The predicted octanol–water partition coefficient (Wildman–Crippen LogP) is 2.35. The van der Waals surface area contributed by atoms with Crippen LogP contribution in [0.2, 0.25) is 0 Å². The van der Waals surface area contributed by atoms with Gasteiger partial charge in [0.2, 0.25) is 0 Å². The minimum Gasteiger partial charge on any atom is -0.387 e. The summed E-state index contributed by atoms with van der Waals surface area (Å²) in [5.74, 6) is 0. The van der Waals surface area contributed by atoms with E-state index >= 15 is 0 Å². The van der Waals surface area contributed by atoms with Crippen molar-refractivity contribution < 1.29 is 14.9 Å². The van der Waals surface area contributed by atoms with E-state index in [-0.39, 0.29) is 12.2 Å². The summed E-state index contributed by atoms with van der Waals surface area (Å²) < 4.78 is 0. The lowest BCUT2D eigenvalue weighted by molar-refractivity contribution is -0.384. The molecule has 0 spiro atoms. The summed E-state index contributed by atoms with van der Waals surface area (Å²) in [5.41, 5.74) is 4.30. The standard InChI is InChI=1S/C15H16N2O4/c18-15(13-6-8-14(9-7-13)17(19)20)10-16-21-11-12-4-2-1-3-5-12/h1-9,15-16,18H,10-11H2. The van der Waals surface area contributed by atoms with E-state index in [1.54, 1.807) is 0 Å². The van der Waals surface area contributed by atoms with Crippen molar-refractivity contribution in [3.63, 3.8) is 0 Å². The number of nitrogens with zero attached hydrogens (tertiary/aromatic N) is 1. The molecule has 0 heterocycles. The average molecular weight is 288 g/mol. The van der Waals surface area contributed by atoms with Crippen molar-refractivity contribution in [2.24, 2.45) is 0 Å². The third-order valence-corrected chi connectivity index (χ3v) is 2.95. The molecule has 0 radical (unpaired) electrons. The Bertz CT molecular complexity index is 572. The van der Waals surface area contributed by atoms with Gasteiger partial charge in [0, 0.05) is 12.1 Å². The Balaban J connectivity index is 1.76. The van der Waals surface area contributed by atoms with Gasteiger partial charge in [0.25, 0.3) is 5.69 Å². The number of aliphatic hydroxyl groups is 1. The summed E-state index contributed by atoms with van der Waals surface area (Å²) >= 11 is 0. The summed E-state index contributed by atoms with van der Waals surface area (Å²) in [5, 5.41) is 20.5. The Kier molecular flexibility index (Phi) is 5.39. The van der Waals surface area contributed by atoms with Crippen molar-refractivity contribution in [1.29, 1.82) is 0 Å². The van der Waals surface area contributed by atoms with Gasteiger partial charge in [0.15, 0.2) is 0 Å². The van der Waals surface area contributed by atoms with Gasteiger partial charge in [-0.15, -0.1) is 0 Å². The number of hydrogen-bond donors (Lipinski definition) is 2. The molecule has 2 N–H and O–H groups in total. The molecule has 0 bridgehead atoms. The van der Waals surface area contributed by atoms with Crippen LogP contribution >= 0.6 is 0 Å². The topological polar surface area (TPSA) is 84.6 Å². The number of nitrogens with one attached hydrogen (secondary N) is 1. The second-order valence-corrected chi connectivity index (χ2v) is 4.49. The third-order valence-electron chi connectivity index (χ3n) is 2.95. The summed E-state index contributed by atoms with van der Waals surface area (Å²) in [4.78, 5) is 15.3. The highest BCUT2D eigenvalue weighted by atomic mass is 16.6. The minimum absolute atomic E-state index is 0.000707. The Morgan fingerprint density at radius 1 is 1.14 bits per heavy atom. The van der Waals surface area contributed by atoms with E-state index in [0.717, 1.165) is 5.56 Å². The fourth-order valence-electron chi connectivity index (χ4n) is 1.78. The van der Waals surface area contributed by atoms with Gasteiger partial charge in [0.1, 0.15) is 0 Å². The molecule has 0 aliphatic carbocycles. The monoisotopic (exact) mass is 288 g/mol. The molecular weight excluding hydrogens is 272 g/mol. The molecule has 0 amide bonds. The smallest absolute Gasteiger partial charge is 0.269 e. The van der Waals surface area contributed by atoms with E-state index in [1.807, 2.05) is 30.3 Å². The number of non-ortho nitro benzene ring substituents is 1. The number of nitro groups is 1. The third kappa shape index (κ3) is 4.64. The second kappa shape index (κ2) is 7.49. The number of aliphatic hydroxyl groups excluding tert-OH is 1. The largest absolute Gasteiger partial charge is 0.387 e. The molecule has 2 aromatic carbocycles. The molecule has 21 heavy (non-hydrogen) atoms. The van der Waals surface area contributed by atoms with Crippen LogP contribution in [0.4, 0.5) is 5.69 Å². The van der Waals surface area contributed by atoms with Crippen LogP contribution < -0.4 is 5.48 Å². The molecule has 0 aliphatic rings. The normalized spacial score (nSPS) is 12.0. The van der Waals surface area contributed by atoms with E-state index < -0.39 is 11.0 Å². The van der Waals surface area contributed by atoms with Crippen molar-refractivity contribution >= 4 is 5.69 Å². The lowest BCUT2D eigenvalue weighted by atomic mass is 10.1. The first-order chi connectivity index (χ1) is 10.2. The molecule has 2 aromatic rings. The molecule has 0 saturated carbocycles. The van der Waals surface area contributed by atoms with E-state index in [1.165, 1.54) is 24.3 Å². The number of hydroxylamine groups is 1. The molecule has 6 nitrogen and oxygen atoms in total. The molecule has 0 fully saturated rings. The fraction of sp³-hybridized carbons (Fsp3) is 0.200. The van der Waals surface area contributed by atoms with Crippen molar-refractivity contribution in [3.05, 3.63) is 75.8 Å². The first-order valence-corrected chi connectivity index (χ1v) is 6.48. The Morgan fingerprint density at radius 2 is 1.81 bits per heavy atom. The molecule has 6 heteroatoms. The highest BCUT2D eigenvalue weighted by Gasteiger charge is 2.10. The highest BCUT2D eigenvalue weighted by Crippen LogP contribution is 2.17. The lowest BCUT2D eigenvalue weighted by Gasteiger charge is -2.12. The summed E-state index contributed by atoms with van der Waals surface area (Å²) in [6.07, 6.45) is -0.790. The van der Waals surface area contributed by atoms with Gasteiger partial charge in [-0.2, -0.15) is 5.48 Å². The molecule has 0 aliphatic heterocycles. The maximum absolute atomic E-state index is 10.5. The summed E-state index contributed by atoms with van der Waals surface area (Å²) in [7, 11) is 0. The molecule has 1 unspecified atom stereocenters. The number of hydrogen-bond acceptors (Lipinski definition) is 5. The zero-order valence-corrected chi connectivity index (χ0v) is 11.3. The van der Waals surface area contributed by atoms with Crippen LogP contribution in [0.1, 0.15) is 17.2 Å². The van der Waals surface area contributed by atoms with E-state index in [4.69, 9.17) is 4.84 Å². The Hall–Kier alpha value is -2.28. The Morgan fingerprint density at radius 3 is 2.43 bits per heavy atom. The molecule has 2 rings (SSSR count). The van der Waals surface area contributed by atoms with Gasteiger partial charge in [-0.25, -0.2) is 0 Å². The van der Waals surface area contributed by atoms with E-state index in [2.05, 4.69) is 5.48 Å². The second-order valence-electron chi connectivity index (χ2n) is 4.49. The Labute approximate surface area is 122 Å². The zero-order valence-electron chi connectivity index (χ0n) is 11.3. The first kappa shape index (κ1) is 15.1. The van der Waals surface area contributed by atoms with Gasteiger partial charge in [-0.3, -0.25) is 15.0 Å². The lowest BCUT2D eigenvalue weighted by Crippen LogP contribution is -2.21. The van der Waals surface area contributed by atoms with Gasteiger partial charge >= 0.3 is 0 Å². The van der Waals surface area contributed by atoms with E-state index in [9.17, 15) is 15.2 Å². The van der Waals surface area contributed by atoms with Gasteiger partial charge in [-0.1, -0.05) is 30.3 Å². The zero-order chi connectivity index (χ0) is 15.1. The number of rotatable bonds is 7. The van der Waals surface area contributed by atoms with Crippen LogP contribution in [-0.2, 0) is 11.4 Å². The SMILES string of the molecule is O=[N+]([O-])c1ccc(C(O)CNOCc2ccccc2)cc1. The van der Waals surface area contributed by atoms with Crippen LogP contribution in [0.25, 0.3) is 0 Å². The molecular formula is C15H16N2O4. The number of benzene rings is 2. The number of nitro benzene ring substituents is 1. The maximum Gasteiger partial charge on any atom is 0.269 e. The predicted molar refractivity (Wildman–Crippen MR) is 77.3 cm³/mol. The first-order valence-electron chi connectivity index (χ1n) is 6.48. The van der Waals surface area contributed by atoms with Crippen LogP contribution in [0.5, 0.6) is 0 Å². The van der Waals surface area contributed by atoms with Gasteiger partial charge in [-0.05, 0) is 23.3 Å². The van der Waals surface area contributed by atoms with Crippen molar-refractivity contribution in [2.75, 3.05) is 6.54 Å². The van der Waals surface area contributed by atoms with Crippen LogP contribution in [-0.4, -0.2) is 16.6 Å². The molecule has 0 saturated heterocycles. The summed E-state index contributed by atoms with van der Waals surface area (Å²) in [6, 6.07) is 15.4. The fourth-order valence-corrected chi connectivity index (χ4v) is 1.78. The molecule has 110 valence electrons. The van der Waals surface area contributed by atoms with Crippen LogP contribution in [0.3, 0.4) is 0 Å². The van der Waals surface area contributed by atoms with Crippen molar-refractivity contribution in [3.8, 4) is 0 Å². The van der Waals surface area contributed by atoms with Crippen LogP contribution in [0, 0.1) is 10.1 Å². The van der Waals surface area contributed by atoms with Crippen molar-refractivity contribution in [1.82, 2.24) is 5.48 Å². The average Bonchev–Trinajstić information content (AvgIpc) is 2.52. The summed E-state index contributed by atoms with van der Waals surface area (Å²) in [6.45, 7) is 0.596. The minimum atomic E-state index is -0.790. The van der Waals surface area contributed by atoms with Crippen LogP contribution in [0.15, 0.2) is 54.6 Å².